The van der Waals surface area contributed by atoms with Gasteiger partial charge in [0, 0.05) is 13.0 Å². The van der Waals surface area contributed by atoms with Crippen molar-refractivity contribution in [1.29, 1.82) is 0 Å². The molecule has 0 aliphatic heterocycles. The quantitative estimate of drug-likeness (QED) is 0.272. The molecule has 0 saturated carbocycles. The number of nitrogens with zero attached hydrogens (tertiary/aromatic N) is 1. The number of carbonyl (C=O) groups excluding carboxylic acids is 4. The van der Waals surface area contributed by atoms with Crippen LogP contribution in [0.4, 0.5) is 4.79 Å². The lowest BCUT2D eigenvalue weighted by Crippen LogP contribution is -2.52. The predicted octanol–water partition coefficient (Wildman–Crippen LogP) is 4.98. The zero-order chi connectivity index (χ0) is 31.5. The molecule has 0 aliphatic carbocycles. The van der Waals surface area contributed by atoms with Crippen molar-refractivity contribution in [2.24, 2.45) is 0 Å². The van der Waals surface area contributed by atoms with E-state index in [9.17, 15) is 19.2 Å². The Balaban J connectivity index is 2.47. The van der Waals surface area contributed by atoms with Gasteiger partial charge in [-0.1, -0.05) is 67.3 Å². The van der Waals surface area contributed by atoms with Crippen molar-refractivity contribution in [3.8, 4) is 0 Å². The van der Waals surface area contributed by atoms with Crippen molar-refractivity contribution < 1.29 is 28.7 Å². The Morgan fingerprint density at radius 1 is 0.905 bits per heavy atom. The van der Waals surface area contributed by atoms with E-state index in [1.54, 1.807) is 65.8 Å². The number of rotatable bonds is 12. The molecule has 0 spiro atoms. The van der Waals surface area contributed by atoms with Gasteiger partial charge in [-0.2, -0.15) is 0 Å². The number of hydrogen-bond donors (Lipinski definition) is 2. The summed E-state index contributed by atoms with van der Waals surface area (Å²) in [7, 11) is 0. The largest absolute Gasteiger partial charge is 0.458 e. The summed E-state index contributed by atoms with van der Waals surface area (Å²) < 4.78 is 10.9. The first-order chi connectivity index (χ1) is 19.6. The van der Waals surface area contributed by atoms with Gasteiger partial charge in [0.25, 0.3) is 0 Å². The molecule has 42 heavy (non-hydrogen) atoms. The van der Waals surface area contributed by atoms with Crippen LogP contribution in [-0.4, -0.2) is 59.1 Å². The minimum absolute atomic E-state index is 0.0129. The summed E-state index contributed by atoms with van der Waals surface area (Å²) in [5.41, 5.74) is 0.499. The van der Waals surface area contributed by atoms with Gasteiger partial charge in [-0.05, 0) is 64.3 Å². The molecule has 3 amide bonds. The highest BCUT2D eigenvalue weighted by atomic mass is 16.6. The molecule has 2 rings (SSSR count). The van der Waals surface area contributed by atoms with Crippen LogP contribution in [0.3, 0.4) is 0 Å². The number of benzene rings is 2. The maximum atomic E-state index is 14.1. The molecule has 0 saturated heterocycles. The highest BCUT2D eigenvalue weighted by Gasteiger charge is 2.35. The van der Waals surface area contributed by atoms with Gasteiger partial charge in [0.15, 0.2) is 0 Å². The lowest BCUT2D eigenvalue weighted by molar-refractivity contribution is -0.159. The highest BCUT2D eigenvalue weighted by Crippen LogP contribution is 2.24. The molecule has 2 N–H and O–H groups in total. The van der Waals surface area contributed by atoms with Crippen LogP contribution in [0.15, 0.2) is 73.8 Å². The van der Waals surface area contributed by atoms with Gasteiger partial charge in [0.1, 0.15) is 29.8 Å². The average molecular weight is 578 g/mol. The van der Waals surface area contributed by atoms with Gasteiger partial charge in [-0.15, -0.1) is 6.58 Å². The van der Waals surface area contributed by atoms with Gasteiger partial charge in [0.2, 0.25) is 11.8 Å². The average Bonchev–Trinajstić information content (AvgIpc) is 2.90. The second-order valence-corrected chi connectivity index (χ2v) is 11.8. The fourth-order valence-corrected chi connectivity index (χ4v) is 4.05. The summed E-state index contributed by atoms with van der Waals surface area (Å²) in [5.74, 6) is -1.76. The zero-order valence-corrected chi connectivity index (χ0v) is 25.4. The summed E-state index contributed by atoms with van der Waals surface area (Å²) in [6.07, 6.45) is 2.52. The molecule has 2 aromatic carbocycles. The van der Waals surface area contributed by atoms with Crippen LogP contribution < -0.4 is 10.6 Å². The summed E-state index contributed by atoms with van der Waals surface area (Å²) in [4.78, 5) is 54.4. The lowest BCUT2D eigenvalue weighted by atomic mass is 9.99. The van der Waals surface area contributed by atoms with Crippen molar-refractivity contribution in [3.05, 3.63) is 90.5 Å². The molecule has 2 atom stereocenters. The van der Waals surface area contributed by atoms with E-state index in [4.69, 9.17) is 9.47 Å². The van der Waals surface area contributed by atoms with Crippen LogP contribution in [0.5, 0.6) is 0 Å². The van der Waals surface area contributed by atoms with Crippen molar-refractivity contribution in [1.82, 2.24) is 15.5 Å². The Bertz CT molecular complexity index is 1260. The molecule has 0 fully saturated rings. The van der Waals surface area contributed by atoms with Crippen molar-refractivity contribution in [3.63, 3.8) is 0 Å². The van der Waals surface area contributed by atoms with Crippen LogP contribution >= 0.6 is 0 Å². The minimum atomic E-state index is -1.17. The lowest BCUT2D eigenvalue weighted by Gasteiger charge is -2.32. The number of amides is 3. The van der Waals surface area contributed by atoms with Crippen molar-refractivity contribution in [2.45, 2.75) is 71.2 Å². The normalized spacial score (nSPS) is 12.7. The topological polar surface area (TPSA) is 114 Å². The molecule has 9 nitrogen and oxygen atoms in total. The Morgan fingerprint density at radius 3 is 2.12 bits per heavy atom. The van der Waals surface area contributed by atoms with Gasteiger partial charge < -0.3 is 25.0 Å². The maximum absolute atomic E-state index is 14.1. The Kier molecular flexibility index (Phi) is 12.1. The molecular formula is C33H43N3O6. The number of carbonyl (C=O) groups is 4. The Hall–Kier alpha value is -4.40. The molecule has 0 aliphatic rings. The Labute approximate surface area is 249 Å². The van der Waals surface area contributed by atoms with Gasteiger partial charge >= 0.3 is 12.1 Å². The van der Waals surface area contributed by atoms with Crippen LogP contribution in [0, 0.1) is 0 Å². The fourth-order valence-electron chi connectivity index (χ4n) is 4.05. The van der Waals surface area contributed by atoms with Crippen LogP contribution in [-0.2, 0) is 30.3 Å². The van der Waals surface area contributed by atoms with E-state index in [0.717, 1.165) is 11.1 Å². The van der Waals surface area contributed by atoms with Gasteiger partial charge in [-0.3, -0.25) is 9.59 Å². The van der Waals surface area contributed by atoms with Crippen molar-refractivity contribution >= 4 is 30.0 Å². The first-order valence-corrected chi connectivity index (χ1v) is 13.8. The summed E-state index contributed by atoms with van der Waals surface area (Å²) in [5, 5.41) is 5.29. The molecule has 2 aromatic rings. The first-order valence-electron chi connectivity index (χ1n) is 13.8. The van der Waals surface area contributed by atoms with Crippen molar-refractivity contribution in [2.75, 3.05) is 13.1 Å². The summed E-state index contributed by atoms with van der Waals surface area (Å²) >= 11 is 0. The predicted molar refractivity (Wildman–Crippen MR) is 163 cm³/mol. The summed E-state index contributed by atoms with van der Waals surface area (Å²) in [6.45, 7) is 17.5. The minimum Gasteiger partial charge on any atom is -0.458 e. The second-order valence-electron chi connectivity index (χ2n) is 11.8. The SMILES string of the molecule is C=CCN(C(=O)CNC(=O)OC(C)(C)C)C(C(=O)NC(Cc1ccccc1)C(=O)OC(C)(C)C)c1cccc(C=C)c1. The third kappa shape index (κ3) is 11.2. The van der Waals surface area contributed by atoms with E-state index < -0.39 is 53.7 Å². The smallest absolute Gasteiger partial charge is 0.408 e. The van der Waals surface area contributed by atoms with Crippen LogP contribution in [0.2, 0.25) is 0 Å². The van der Waals surface area contributed by atoms with Gasteiger partial charge in [-0.25, -0.2) is 9.59 Å². The third-order valence-electron chi connectivity index (χ3n) is 5.74. The molecule has 9 heteroatoms. The molecule has 0 aromatic heterocycles. The standard InChI is InChI=1S/C33H43N3O6/c1-9-19-36(27(37)22-34-31(40)42-33(6,7)8)28(25-18-14-17-23(10-2)20-25)29(38)35-26(30(39)41-32(3,4)5)21-24-15-12-11-13-16-24/h9-18,20,26,28H,1-2,19,21-22H2,3-8H3,(H,34,40)(H,35,38). The number of alkyl carbamates (subject to hydrolysis) is 1. The van der Waals surface area contributed by atoms with E-state index in [-0.39, 0.29) is 13.0 Å². The number of esters is 1. The van der Waals surface area contributed by atoms with Gasteiger partial charge in [0.05, 0.1) is 0 Å². The van der Waals surface area contributed by atoms with E-state index in [1.165, 1.54) is 11.0 Å². The number of nitrogens with one attached hydrogen (secondary N) is 2. The number of hydrogen-bond acceptors (Lipinski definition) is 6. The molecule has 0 heterocycles. The molecular weight excluding hydrogens is 534 g/mol. The fraction of sp³-hybridized carbons (Fsp3) is 0.394. The van der Waals surface area contributed by atoms with E-state index in [0.29, 0.717) is 5.56 Å². The molecule has 0 radical (unpaired) electrons. The van der Waals surface area contributed by atoms with E-state index in [2.05, 4.69) is 23.8 Å². The summed E-state index contributed by atoms with van der Waals surface area (Å²) in [6, 6.07) is 14.0. The van der Waals surface area contributed by atoms with E-state index in [1.807, 2.05) is 36.4 Å². The molecule has 226 valence electrons. The second kappa shape index (κ2) is 15.0. The monoisotopic (exact) mass is 577 g/mol. The van der Waals surface area contributed by atoms with Crippen LogP contribution in [0.25, 0.3) is 6.08 Å². The Morgan fingerprint density at radius 2 is 1.55 bits per heavy atom. The number of ether oxygens (including phenoxy) is 2. The van der Waals surface area contributed by atoms with Crippen LogP contribution in [0.1, 0.15) is 64.3 Å². The molecule has 2 unspecified atom stereocenters. The maximum Gasteiger partial charge on any atom is 0.408 e. The third-order valence-corrected chi connectivity index (χ3v) is 5.74. The molecule has 0 bridgehead atoms. The zero-order valence-electron chi connectivity index (χ0n) is 25.4. The highest BCUT2D eigenvalue weighted by molar-refractivity contribution is 5.93. The van der Waals surface area contributed by atoms with E-state index >= 15 is 0 Å². The first kappa shape index (κ1) is 33.8.